The van der Waals surface area contributed by atoms with Crippen molar-refractivity contribution in [1.29, 1.82) is 0 Å². The van der Waals surface area contributed by atoms with Crippen LogP contribution in [-0.4, -0.2) is 60.8 Å². The number of esters is 1. The minimum absolute atomic E-state index is 0.0769. The Bertz CT molecular complexity index is 710. The van der Waals surface area contributed by atoms with E-state index in [1.165, 1.54) is 19.0 Å². The molecule has 1 aliphatic rings. The molecule has 0 atom stereocenters. The van der Waals surface area contributed by atoms with E-state index in [1.54, 1.807) is 31.0 Å². The van der Waals surface area contributed by atoms with Crippen LogP contribution in [0.1, 0.15) is 31.2 Å². The summed E-state index contributed by atoms with van der Waals surface area (Å²) < 4.78 is 31.3. The van der Waals surface area contributed by atoms with Crippen LogP contribution in [0.4, 0.5) is 14.5 Å². The van der Waals surface area contributed by atoms with Crippen molar-refractivity contribution in [2.75, 3.05) is 38.8 Å². The molecule has 28 heavy (non-hydrogen) atoms. The highest BCUT2D eigenvalue weighted by Gasteiger charge is 2.35. The second kappa shape index (κ2) is 10.2. The summed E-state index contributed by atoms with van der Waals surface area (Å²) in [7, 11) is 2.91. The third-order valence-corrected chi connectivity index (χ3v) is 4.24. The highest BCUT2D eigenvalue weighted by molar-refractivity contribution is 5.66. The number of hydrazine groups is 1. The van der Waals surface area contributed by atoms with E-state index in [0.717, 1.165) is 0 Å². The van der Waals surface area contributed by atoms with Crippen molar-refractivity contribution < 1.29 is 23.4 Å². The molecule has 10 heteroatoms. The molecule has 0 bridgehead atoms. The van der Waals surface area contributed by atoms with Gasteiger partial charge in [0, 0.05) is 26.9 Å². The molecule has 158 valence electrons. The fourth-order valence-electron chi connectivity index (χ4n) is 2.74. The number of halogens is 2. The summed E-state index contributed by atoms with van der Waals surface area (Å²) in [5, 5.41) is 10.6. The summed E-state index contributed by atoms with van der Waals surface area (Å²) in [4.78, 5) is 15.6. The summed E-state index contributed by atoms with van der Waals surface area (Å²) in [6.07, 6.45) is 0.370. The molecule has 0 aromatic carbocycles. The number of pyridine rings is 1. The molecule has 1 fully saturated rings. The molecule has 0 radical (unpaired) electrons. The van der Waals surface area contributed by atoms with Crippen LogP contribution in [0.2, 0.25) is 0 Å². The van der Waals surface area contributed by atoms with Gasteiger partial charge in [0.15, 0.2) is 0 Å². The Morgan fingerprint density at radius 3 is 2.50 bits per heavy atom. The van der Waals surface area contributed by atoms with Gasteiger partial charge in [0.25, 0.3) is 5.92 Å². The fourth-order valence-corrected chi connectivity index (χ4v) is 2.74. The number of rotatable bonds is 4. The summed E-state index contributed by atoms with van der Waals surface area (Å²) in [5.41, 5.74) is 8.34. The van der Waals surface area contributed by atoms with E-state index < -0.39 is 5.92 Å². The smallest absolute Gasteiger partial charge is 0.302 e. The Morgan fingerprint density at radius 2 is 2.07 bits per heavy atom. The lowest BCUT2D eigenvalue weighted by Crippen LogP contribution is -2.43. The normalized spacial score (nSPS) is 16.5. The largest absolute Gasteiger partial charge is 0.469 e. The minimum Gasteiger partial charge on any atom is -0.469 e. The molecule has 0 unspecified atom stereocenters. The Balaban J connectivity index is 0.000000696. The molecular formula is C18H29F2N5O3. The van der Waals surface area contributed by atoms with Crippen molar-refractivity contribution in [1.82, 2.24) is 9.99 Å². The number of hydrogen-bond donors (Lipinski definition) is 3. The van der Waals surface area contributed by atoms with Crippen molar-refractivity contribution in [3.05, 3.63) is 29.2 Å². The quantitative estimate of drug-likeness (QED) is 0.392. The first-order valence-electron chi connectivity index (χ1n) is 8.75. The molecule has 1 aromatic rings. The number of aliphatic hydroxyl groups is 1. The third kappa shape index (κ3) is 6.61. The minimum atomic E-state index is -2.67. The number of nitrogens with zero attached hydrogens (tertiary/aromatic N) is 3. The molecule has 8 nitrogen and oxygen atoms in total. The summed E-state index contributed by atoms with van der Waals surface area (Å²) >= 11 is 0. The number of piperidine rings is 1. The lowest BCUT2D eigenvalue weighted by molar-refractivity contribution is -0.137. The second-order valence-corrected chi connectivity index (χ2v) is 6.51. The first kappa shape index (κ1) is 23.6. The van der Waals surface area contributed by atoms with Crippen molar-refractivity contribution >= 4 is 17.4 Å². The predicted octanol–water partition coefficient (Wildman–Crippen LogP) is 1.23. The lowest BCUT2D eigenvalue weighted by Gasteiger charge is -2.34. The number of aliphatic hydroxyl groups excluding tert-OH is 1. The van der Waals surface area contributed by atoms with E-state index in [0.29, 0.717) is 35.7 Å². The van der Waals surface area contributed by atoms with Gasteiger partial charge in [-0.25, -0.2) is 19.6 Å². The monoisotopic (exact) mass is 401 g/mol. The number of nitrogens with two attached hydrogens (primary N) is 2. The SMILES string of the molecule is COC(C)=O.Cc1nc(/C(N)=C(\CO)N(C)N)ccc1N1CCCC(F)(F)C1. The first-order valence-corrected chi connectivity index (χ1v) is 8.75. The van der Waals surface area contributed by atoms with E-state index in [4.69, 9.17) is 11.6 Å². The summed E-state index contributed by atoms with van der Waals surface area (Å²) in [6.45, 7) is 3.08. The second-order valence-electron chi connectivity index (χ2n) is 6.51. The maximum atomic E-state index is 13.6. The molecule has 0 saturated carbocycles. The van der Waals surface area contributed by atoms with Gasteiger partial charge < -0.3 is 25.5 Å². The Hall–Kier alpha value is -2.46. The van der Waals surface area contributed by atoms with Crippen LogP contribution in [0.25, 0.3) is 5.70 Å². The summed E-state index contributed by atoms with van der Waals surface area (Å²) in [5.74, 6) is 2.70. The number of aromatic nitrogens is 1. The number of carbonyl (C=O) groups excluding carboxylic acids is 1. The number of aryl methyl sites for hydroxylation is 1. The lowest BCUT2D eigenvalue weighted by atomic mass is 10.1. The molecule has 2 heterocycles. The van der Waals surface area contributed by atoms with Crippen molar-refractivity contribution in [3.63, 3.8) is 0 Å². The number of hydrogen-bond acceptors (Lipinski definition) is 8. The van der Waals surface area contributed by atoms with Gasteiger partial charge >= 0.3 is 5.97 Å². The fraction of sp³-hybridized carbons (Fsp3) is 0.556. The zero-order valence-corrected chi connectivity index (χ0v) is 16.7. The van der Waals surface area contributed by atoms with Gasteiger partial charge in [-0.2, -0.15) is 0 Å². The molecule has 2 rings (SSSR count). The number of anilines is 1. The van der Waals surface area contributed by atoms with E-state index in [9.17, 15) is 18.7 Å². The van der Waals surface area contributed by atoms with Crippen molar-refractivity contribution in [2.45, 2.75) is 32.6 Å². The Morgan fingerprint density at radius 1 is 1.46 bits per heavy atom. The molecule has 1 aromatic heterocycles. The van der Waals surface area contributed by atoms with Gasteiger partial charge in [0.2, 0.25) is 0 Å². The Labute approximate surface area is 163 Å². The van der Waals surface area contributed by atoms with Crippen LogP contribution >= 0.6 is 0 Å². The topological polar surface area (TPSA) is 118 Å². The zero-order valence-electron chi connectivity index (χ0n) is 16.7. The zero-order chi connectivity index (χ0) is 21.5. The Kier molecular flexibility index (Phi) is 8.58. The average Bonchev–Trinajstić information content (AvgIpc) is 2.61. The van der Waals surface area contributed by atoms with Crippen LogP contribution in [0, 0.1) is 6.92 Å². The van der Waals surface area contributed by atoms with Crippen LogP contribution < -0.4 is 16.5 Å². The van der Waals surface area contributed by atoms with Crippen LogP contribution in [0.5, 0.6) is 0 Å². The maximum absolute atomic E-state index is 13.6. The van der Waals surface area contributed by atoms with E-state index >= 15 is 0 Å². The summed E-state index contributed by atoms with van der Waals surface area (Å²) in [6, 6.07) is 3.39. The highest BCUT2D eigenvalue weighted by atomic mass is 19.3. The molecular weight excluding hydrogens is 372 g/mol. The van der Waals surface area contributed by atoms with Gasteiger partial charge in [-0.3, -0.25) is 4.79 Å². The van der Waals surface area contributed by atoms with Gasteiger partial charge in [-0.05, 0) is 25.5 Å². The number of methoxy groups -OCH3 is 1. The molecule has 1 saturated heterocycles. The highest BCUT2D eigenvalue weighted by Crippen LogP contribution is 2.31. The first-order chi connectivity index (χ1) is 13.0. The number of carbonyl (C=O) groups is 1. The van der Waals surface area contributed by atoms with Gasteiger partial charge in [-0.15, -0.1) is 0 Å². The number of alkyl halides is 2. The van der Waals surface area contributed by atoms with Gasteiger partial charge in [-0.1, -0.05) is 0 Å². The molecule has 0 amide bonds. The molecule has 1 aliphatic heterocycles. The van der Waals surface area contributed by atoms with E-state index in [1.807, 2.05) is 0 Å². The van der Waals surface area contributed by atoms with Gasteiger partial charge in [0.1, 0.15) is 0 Å². The maximum Gasteiger partial charge on any atom is 0.302 e. The molecule has 0 spiro atoms. The third-order valence-electron chi connectivity index (χ3n) is 4.24. The van der Waals surface area contributed by atoms with E-state index in [2.05, 4.69) is 9.72 Å². The van der Waals surface area contributed by atoms with Crippen molar-refractivity contribution in [2.24, 2.45) is 11.6 Å². The van der Waals surface area contributed by atoms with Crippen LogP contribution in [-0.2, 0) is 9.53 Å². The molecule has 0 aliphatic carbocycles. The number of likely N-dealkylation sites (N-methyl/N-ethyl adjacent to an activating group) is 1. The number of ether oxygens (including phenoxy) is 1. The van der Waals surface area contributed by atoms with Crippen LogP contribution in [0.3, 0.4) is 0 Å². The van der Waals surface area contributed by atoms with Crippen LogP contribution in [0.15, 0.2) is 17.8 Å². The predicted molar refractivity (Wildman–Crippen MR) is 103 cm³/mol. The van der Waals surface area contributed by atoms with Gasteiger partial charge in [0.05, 0.1) is 48.7 Å². The molecule has 5 N–H and O–H groups in total. The van der Waals surface area contributed by atoms with Crippen molar-refractivity contribution in [3.8, 4) is 0 Å². The standard InChI is InChI=1S/C15H23F2N5O.C3H6O2/c1-10-12(22-7-3-6-15(16,17)9-22)5-4-11(20-10)14(18)13(8-23)21(2)19;1-3(4)5-2/h4-5,23H,3,6-9,18-19H2,1-2H3;1-2H3/b14-13-;. The average molecular weight is 401 g/mol. The van der Waals surface area contributed by atoms with E-state index in [-0.39, 0.29) is 31.2 Å².